The molecule has 0 spiro atoms. The van der Waals surface area contributed by atoms with Gasteiger partial charge in [-0.05, 0) is 51.4 Å². The molecule has 1 fully saturated rings. The zero-order valence-corrected chi connectivity index (χ0v) is 12.6. The van der Waals surface area contributed by atoms with E-state index < -0.39 is 5.82 Å². The molecule has 20 heavy (non-hydrogen) atoms. The first-order chi connectivity index (χ1) is 9.39. The number of phenolic OH excluding ortho intramolecular Hbond substituents is 1. The molecule has 1 aliphatic rings. The van der Waals surface area contributed by atoms with Crippen molar-refractivity contribution in [3.63, 3.8) is 0 Å². The van der Waals surface area contributed by atoms with Crippen LogP contribution in [0.4, 0.5) is 4.39 Å². The zero-order chi connectivity index (χ0) is 14.8. The van der Waals surface area contributed by atoms with Gasteiger partial charge in [0.2, 0.25) is 0 Å². The molecule has 3 nitrogen and oxygen atoms in total. The fourth-order valence-electron chi connectivity index (χ4n) is 2.73. The molecule has 1 saturated heterocycles. The average Bonchev–Trinajstić information content (AvgIpc) is 2.40. The minimum absolute atomic E-state index is 0.0204. The van der Waals surface area contributed by atoms with Gasteiger partial charge in [0, 0.05) is 24.2 Å². The molecule has 0 aliphatic carbocycles. The molecule has 1 aromatic rings. The van der Waals surface area contributed by atoms with E-state index in [2.05, 4.69) is 24.2 Å². The lowest BCUT2D eigenvalue weighted by Gasteiger charge is -2.38. The summed E-state index contributed by atoms with van der Waals surface area (Å²) in [5, 5.41) is 13.3. The van der Waals surface area contributed by atoms with Gasteiger partial charge in [-0.1, -0.05) is 13.0 Å². The Labute approximate surface area is 120 Å². The minimum Gasteiger partial charge on any atom is -0.508 e. The number of phenols is 1. The molecule has 1 unspecified atom stereocenters. The minimum atomic E-state index is -0.402. The van der Waals surface area contributed by atoms with Crippen molar-refractivity contribution < 1.29 is 9.50 Å². The highest BCUT2D eigenvalue weighted by molar-refractivity contribution is 5.34. The van der Waals surface area contributed by atoms with Gasteiger partial charge < -0.3 is 15.3 Å². The SMILES string of the molecule is CC(NCC1(C)CCN(C)CC1)c1ccc(F)cc1O. The Hall–Kier alpha value is -1.13. The first-order valence-electron chi connectivity index (χ1n) is 7.30. The number of hydrogen-bond acceptors (Lipinski definition) is 3. The summed E-state index contributed by atoms with van der Waals surface area (Å²) < 4.78 is 13.0. The van der Waals surface area contributed by atoms with Gasteiger partial charge in [-0.3, -0.25) is 0 Å². The molecule has 4 heteroatoms. The summed E-state index contributed by atoms with van der Waals surface area (Å²) in [6, 6.07) is 4.24. The van der Waals surface area contributed by atoms with E-state index in [9.17, 15) is 9.50 Å². The van der Waals surface area contributed by atoms with Gasteiger partial charge in [-0.25, -0.2) is 4.39 Å². The molecule has 0 saturated carbocycles. The van der Waals surface area contributed by atoms with Crippen molar-refractivity contribution in [2.45, 2.75) is 32.7 Å². The molecule has 1 aromatic carbocycles. The third kappa shape index (κ3) is 3.70. The van der Waals surface area contributed by atoms with E-state index in [1.807, 2.05) is 6.92 Å². The second-order valence-corrected chi connectivity index (χ2v) is 6.42. The van der Waals surface area contributed by atoms with Crippen LogP contribution >= 0.6 is 0 Å². The number of benzene rings is 1. The van der Waals surface area contributed by atoms with Gasteiger partial charge in [0.1, 0.15) is 11.6 Å². The monoisotopic (exact) mass is 280 g/mol. The third-order valence-corrected chi connectivity index (χ3v) is 4.49. The Morgan fingerprint density at radius 3 is 2.65 bits per heavy atom. The van der Waals surface area contributed by atoms with Gasteiger partial charge in [-0.2, -0.15) is 0 Å². The van der Waals surface area contributed by atoms with Gasteiger partial charge in [0.15, 0.2) is 0 Å². The summed E-state index contributed by atoms with van der Waals surface area (Å²) in [4.78, 5) is 2.36. The van der Waals surface area contributed by atoms with Crippen molar-refractivity contribution in [3.8, 4) is 5.75 Å². The van der Waals surface area contributed by atoms with Crippen molar-refractivity contribution in [2.24, 2.45) is 5.41 Å². The average molecular weight is 280 g/mol. The van der Waals surface area contributed by atoms with Gasteiger partial charge in [0.05, 0.1) is 0 Å². The number of likely N-dealkylation sites (tertiary alicyclic amines) is 1. The number of piperidine rings is 1. The summed E-state index contributed by atoms with van der Waals surface area (Å²) in [5.74, 6) is -0.376. The predicted octanol–water partition coefficient (Wildman–Crippen LogP) is 2.91. The normalized spacial score (nSPS) is 20.8. The molecule has 0 bridgehead atoms. The van der Waals surface area contributed by atoms with E-state index in [4.69, 9.17) is 0 Å². The van der Waals surface area contributed by atoms with Crippen LogP contribution in [0.25, 0.3) is 0 Å². The van der Waals surface area contributed by atoms with Crippen molar-refractivity contribution in [2.75, 3.05) is 26.7 Å². The topological polar surface area (TPSA) is 35.5 Å². The van der Waals surface area contributed by atoms with Crippen molar-refractivity contribution in [1.29, 1.82) is 0 Å². The largest absolute Gasteiger partial charge is 0.508 e. The molecular formula is C16H25FN2O. The first-order valence-corrected chi connectivity index (χ1v) is 7.30. The van der Waals surface area contributed by atoms with Crippen LogP contribution in [-0.2, 0) is 0 Å². The summed E-state index contributed by atoms with van der Waals surface area (Å²) >= 11 is 0. The van der Waals surface area contributed by atoms with Gasteiger partial charge in [-0.15, -0.1) is 0 Å². The van der Waals surface area contributed by atoms with Gasteiger partial charge in [0.25, 0.3) is 0 Å². The number of hydrogen-bond donors (Lipinski definition) is 2. The molecular weight excluding hydrogens is 255 g/mol. The van der Waals surface area contributed by atoms with Crippen LogP contribution in [0.3, 0.4) is 0 Å². The predicted molar refractivity (Wildman–Crippen MR) is 79.3 cm³/mol. The molecule has 112 valence electrons. The molecule has 1 aliphatic heterocycles. The van der Waals surface area contributed by atoms with E-state index >= 15 is 0 Å². The highest BCUT2D eigenvalue weighted by atomic mass is 19.1. The summed E-state index contributed by atoms with van der Waals surface area (Å²) in [6.45, 7) is 7.50. The van der Waals surface area contributed by atoms with Crippen LogP contribution < -0.4 is 5.32 Å². The molecule has 2 N–H and O–H groups in total. The van der Waals surface area contributed by atoms with Crippen LogP contribution in [0.15, 0.2) is 18.2 Å². The maximum atomic E-state index is 13.0. The van der Waals surface area contributed by atoms with Crippen LogP contribution in [-0.4, -0.2) is 36.7 Å². The van der Waals surface area contributed by atoms with E-state index in [0.29, 0.717) is 5.41 Å². The Bertz CT molecular complexity index is 456. The molecule has 1 atom stereocenters. The maximum absolute atomic E-state index is 13.0. The van der Waals surface area contributed by atoms with Crippen LogP contribution in [0.5, 0.6) is 5.75 Å². The summed E-state index contributed by atoms with van der Waals surface area (Å²) in [7, 11) is 2.16. The number of halogens is 1. The van der Waals surface area contributed by atoms with E-state index in [1.54, 1.807) is 6.07 Å². The highest BCUT2D eigenvalue weighted by Gasteiger charge is 2.29. The second-order valence-electron chi connectivity index (χ2n) is 6.42. The third-order valence-electron chi connectivity index (χ3n) is 4.49. The standard InChI is InChI=1S/C16H25FN2O/c1-12(14-5-4-13(17)10-15(14)20)18-11-16(2)6-8-19(3)9-7-16/h4-5,10,12,18,20H,6-9,11H2,1-3H3. The number of nitrogens with zero attached hydrogens (tertiary/aromatic N) is 1. The van der Waals surface area contributed by atoms with Gasteiger partial charge >= 0.3 is 0 Å². The molecule has 0 aromatic heterocycles. The lowest BCUT2D eigenvalue weighted by molar-refractivity contribution is 0.134. The lowest BCUT2D eigenvalue weighted by atomic mass is 9.80. The highest BCUT2D eigenvalue weighted by Crippen LogP contribution is 2.31. The van der Waals surface area contributed by atoms with Crippen molar-refractivity contribution in [1.82, 2.24) is 10.2 Å². The Morgan fingerprint density at radius 1 is 1.40 bits per heavy atom. The number of rotatable bonds is 4. The van der Waals surface area contributed by atoms with Crippen LogP contribution in [0, 0.1) is 11.2 Å². The number of aromatic hydroxyl groups is 1. The Kier molecular flexibility index (Phi) is 4.66. The fourth-order valence-corrected chi connectivity index (χ4v) is 2.73. The van der Waals surface area contributed by atoms with Crippen LogP contribution in [0.1, 0.15) is 38.3 Å². The first kappa shape index (κ1) is 15.3. The smallest absolute Gasteiger partial charge is 0.126 e. The summed E-state index contributed by atoms with van der Waals surface area (Å²) in [5.41, 5.74) is 1.05. The molecule has 2 rings (SSSR count). The van der Waals surface area contributed by atoms with Crippen LogP contribution in [0.2, 0.25) is 0 Å². The maximum Gasteiger partial charge on any atom is 0.126 e. The molecule has 0 amide bonds. The Morgan fingerprint density at radius 2 is 2.05 bits per heavy atom. The molecule has 0 radical (unpaired) electrons. The quantitative estimate of drug-likeness (QED) is 0.890. The fraction of sp³-hybridized carbons (Fsp3) is 0.625. The van der Waals surface area contributed by atoms with E-state index in [0.717, 1.165) is 25.2 Å². The summed E-state index contributed by atoms with van der Waals surface area (Å²) in [6.07, 6.45) is 2.36. The molecule has 1 heterocycles. The van der Waals surface area contributed by atoms with Crippen molar-refractivity contribution in [3.05, 3.63) is 29.6 Å². The Balaban J connectivity index is 1.93. The lowest BCUT2D eigenvalue weighted by Crippen LogP contribution is -2.42. The number of nitrogens with one attached hydrogen (secondary N) is 1. The second kappa shape index (κ2) is 6.10. The zero-order valence-electron chi connectivity index (χ0n) is 12.6. The van der Waals surface area contributed by atoms with E-state index in [-0.39, 0.29) is 11.8 Å². The van der Waals surface area contributed by atoms with Crippen molar-refractivity contribution >= 4 is 0 Å². The van der Waals surface area contributed by atoms with E-state index in [1.165, 1.54) is 25.0 Å².